The van der Waals surface area contributed by atoms with Crippen LogP contribution in [0, 0.1) is 0 Å². The third-order valence-electron chi connectivity index (χ3n) is 2.95. The molecule has 1 aliphatic carbocycles. The van der Waals surface area contributed by atoms with E-state index < -0.39 is 0 Å². The van der Waals surface area contributed by atoms with E-state index in [1.165, 1.54) is 23.4 Å². The lowest BCUT2D eigenvalue weighted by atomic mass is 10.2. The fourth-order valence-corrected chi connectivity index (χ4v) is 3.10. The molecule has 0 saturated heterocycles. The van der Waals surface area contributed by atoms with Crippen molar-refractivity contribution in [3.05, 3.63) is 5.56 Å². The second-order valence-corrected chi connectivity index (χ2v) is 5.19. The van der Waals surface area contributed by atoms with Crippen LogP contribution >= 0.6 is 11.5 Å². The smallest absolute Gasteiger partial charge is 0.142 e. The Hall–Kier alpha value is -0.770. The molecule has 2 rings (SSSR count). The topological polar surface area (TPSA) is 42.2 Å². The number of aromatic nitrogens is 1. The molecule has 1 saturated carbocycles. The minimum atomic E-state index is 0.521. The standard InChI is InChI=1S/C11H19N3S/c1-4-14(7(2)3)11-9(8-5-6-8)10(12)13-15-11/h7-8H,4-6H2,1-3H3,(H2,12,13). The Bertz CT molecular complexity index is 342. The van der Waals surface area contributed by atoms with E-state index in [-0.39, 0.29) is 0 Å². The first-order valence-corrected chi connectivity index (χ1v) is 6.44. The van der Waals surface area contributed by atoms with Gasteiger partial charge in [0.05, 0.1) is 0 Å². The van der Waals surface area contributed by atoms with Crippen LogP contribution in [0.2, 0.25) is 0 Å². The SMILES string of the molecule is CCN(c1snc(N)c1C1CC1)C(C)C. The third-order valence-corrected chi connectivity index (χ3v) is 3.86. The second kappa shape index (κ2) is 4.00. The van der Waals surface area contributed by atoms with Crippen LogP contribution in [0.4, 0.5) is 10.8 Å². The van der Waals surface area contributed by atoms with Gasteiger partial charge in [-0.2, -0.15) is 4.37 Å². The van der Waals surface area contributed by atoms with Gasteiger partial charge in [0.1, 0.15) is 10.8 Å². The number of hydrogen-bond donors (Lipinski definition) is 1. The zero-order valence-electron chi connectivity index (χ0n) is 9.66. The number of nitrogen functional groups attached to an aromatic ring is 1. The lowest BCUT2D eigenvalue weighted by Crippen LogP contribution is -2.30. The number of nitrogens with zero attached hydrogens (tertiary/aromatic N) is 2. The fourth-order valence-electron chi connectivity index (χ4n) is 2.01. The normalized spacial score (nSPS) is 16.0. The quantitative estimate of drug-likeness (QED) is 0.856. The number of nitrogens with two attached hydrogens (primary N) is 1. The highest BCUT2D eigenvalue weighted by molar-refractivity contribution is 7.10. The molecule has 0 aromatic carbocycles. The van der Waals surface area contributed by atoms with E-state index in [1.54, 1.807) is 11.5 Å². The van der Waals surface area contributed by atoms with E-state index >= 15 is 0 Å². The molecule has 1 aliphatic rings. The van der Waals surface area contributed by atoms with Gasteiger partial charge in [0.25, 0.3) is 0 Å². The largest absolute Gasteiger partial charge is 0.383 e. The number of anilines is 2. The molecule has 0 amide bonds. The van der Waals surface area contributed by atoms with Gasteiger partial charge in [-0.1, -0.05) is 0 Å². The molecule has 2 N–H and O–H groups in total. The first-order valence-electron chi connectivity index (χ1n) is 5.66. The predicted octanol–water partition coefficient (Wildman–Crippen LogP) is 2.84. The van der Waals surface area contributed by atoms with Crippen LogP contribution in [0.15, 0.2) is 0 Å². The van der Waals surface area contributed by atoms with Gasteiger partial charge in [0.15, 0.2) is 0 Å². The van der Waals surface area contributed by atoms with Crippen molar-refractivity contribution in [3.63, 3.8) is 0 Å². The maximum Gasteiger partial charge on any atom is 0.142 e. The van der Waals surface area contributed by atoms with Crippen LogP contribution in [0.25, 0.3) is 0 Å². The summed E-state index contributed by atoms with van der Waals surface area (Å²) in [7, 11) is 0. The molecule has 0 unspecified atom stereocenters. The highest BCUT2D eigenvalue weighted by Gasteiger charge is 2.32. The summed E-state index contributed by atoms with van der Waals surface area (Å²) in [6, 6.07) is 0.521. The summed E-state index contributed by atoms with van der Waals surface area (Å²) in [5.74, 6) is 1.45. The minimum absolute atomic E-state index is 0.521. The molecule has 1 aromatic heterocycles. The van der Waals surface area contributed by atoms with E-state index in [2.05, 4.69) is 30.0 Å². The van der Waals surface area contributed by atoms with Crippen molar-refractivity contribution in [3.8, 4) is 0 Å². The predicted molar refractivity (Wildman–Crippen MR) is 66.7 cm³/mol. The summed E-state index contributed by atoms with van der Waals surface area (Å²) >= 11 is 1.56. The summed E-state index contributed by atoms with van der Waals surface area (Å²) in [5.41, 5.74) is 7.26. The van der Waals surface area contributed by atoms with Gasteiger partial charge < -0.3 is 10.6 Å². The van der Waals surface area contributed by atoms with E-state index in [1.807, 2.05) is 0 Å². The van der Waals surface area contributed by atoms with Gasteiger partial charge in [-0.15, -0.1) is 0 Å². The van der Waals surface area contributed by atoms with Crippen molar-refractivity contribution in [2.75, 3.05) is 17.2 Å². The Morgan fingerprint density at radius 3 is 2.67 bits per heavy atom. The summed E-state index contributed by atoms with van der Waals surface area (Å²) < 4.78 is 4.31. The van der Waals surface area contributed by atoms with Crippen LogP contribution in [0.5, 0.6) is 0 Å². The first-order chi connectivity index (χ1) is 7.15. The molecule has 0 atom stereocenters. The first kappa shape index (κ1) is 10.7. The molecule has 0 bridgehead atoms. The monoisotopic (exact) mass is 225 g/mol. The van der Waals surface area contributed by atoms with Crippen molar-refractivity contribution in [2.45, 2.75) is 45.6 Å². The molecule has 3 nitrogen and oxygen atoms in total. The fraction of sp³-hybridized carbons (Fsp3) is 0.727. The second-order valence-electron chi connectivity index (χ2n) is 4.44. The van der Waals surface area contributed by atoms with Gasteiger partial charge in [-0.25, -0.2) is 0 Å². The van der Waals surface area contributed by atoms with E-state index in [0.29, 0.717) is 12.0 Å². The molecule has 0 radical (unpaired) electrons. The van der Waals surface area contributed by atoms with E-state index in [4.69, 9.17) is 5.73 Å². The Kier molecular flexibility index (Phi) is 2.87. The molecule has 0 spiro atoms. The molecule has 1 fully saturated rings. The average Bonchev–Trinajstić information content (AvgIpc) is 2.93. The Balaban J connectivity index is 2.33. The van der Waals surface area contributed by atoms with Crippen molar-refractivity contribution >= 4 is 22.4 Å². The number of hydrogen-bond acceptors (Lipinski definition) is 4. The van der Waals surface area contributed by atoms with Gasteiger partial charge in [-0.3, -0.25) is 0 Å². The maximum absolute atomic E-state index is 5.95. The summed E-state index contributed by atoms with van der Waals surface area (Å²) in [6.45, 7) is 7.65. The van der Waals surface area contributed by atoms with Crippen LogP contribution in [0.3, 0.4) is 0 Å². The van der Waals surface area contributed by atoms with Crippen molar-refractivity contribution < 1.29 is 0 Å². The average molecular weight is 225 g/mol. The van der Waals surface area contributed by atoms with Crippen molar-refractivity contribution in [1.29, 1.82) is 0 Å². The zero-order chi connectivity index (χ0) is 11.0. The maximum atomic E-state index is 5.95. The minimum Gasteiger partial charge on any atom is -0.383 e. The molecule has 84 valence electrons. The third kappa shape index (κ3) is 1.95. The lowest BCUT2D eigenvalue weighted by Gasteiger charge is -2.26. The van der Waals surface area contributed by atoms with Gasteiger partial charge in [0, 0.05) is 18.2 Å². The highest BCUT2D eigenvalue weighted by atomic mass is 32.1. The Labute approximate surface area is 95.4 Å². The Morgan fingerprint density at radius 1 is 1.53 bits per heavy atom. The summed E-state index contributed by atoms with van der Waals surface area (Å²) in [5, 5.41) is 1.30. The van der Waals surface area contributed by atoms with Crippen LogP contribution in [0.1, 0.15) is 45.1 Å². The summed E-state index contributed by atoms with van der Waals surface area (Å²) in [6.07, 6.45) is 2.57. The van der Waals surface area contributed by atoms with Gasteiger partial charge in [0.2, 0.25) is 0 Å². The molecule has 0 aliphatic heterocycles. The Morgan fingerprint density at radius 2 is 2.20 bits per heavy atom. The summed E-state index contributed by atoms with van der Waals surface area (Å²) in [4.78, 5) is 2.39. The van der Waals surface area contributed by atoms with Crippen molar-refractivity contribution in [1.82, 2.24) is 4.37 Å². The molecule has 4 heteroatoms. The zero-order valence-corrected chi connectivity index (χ0v) is 10.5. The van der Waals surface area contributed by atoms with Crippen molar-refractivity contribution in [2.24, 2.45) is 0 Å². The highest BCUT2D eigenvalue weighted by Crippen LogP contribution is 2.49. The van der Waals surface area contributed by atoms with E-state index in [0.717, 1.165) is 12.4 Å². The molecule has 15 heavy (non-hydrogen) atoms. The molecular formula is C11H19N3S. The van der Waals surface area contributed by atoms with Crippen LogP contribution in [-0.4, -0.2) is 17.0 Å². The van der Waals surface area contributed by atoms with Gasteiger partial charge >= 0.3 is 0 Å². The van der Waals surface area contributed by atoms with Gasteiger partial charge in [-0.05, 0) is 51.1 Å². The lowest BCUT2D eigenvalue weighted by molar-refractivity contribution is 0.706. The molecule has 1 heterocycles. The van der Waals surface area contributed by atoms with Crippen LogP contribution < -0.4 is 10.6 Å². The number of rotatable bonds is 4. The van der Waals surface area contributed by atoms with E-state index in [9.17, 15) is 0 Å². The molecule has 1 aromatic rings. The van der Waals surface area contributed by atoms with Crippen LogP contribution in [-0.2, 0) is 0 Å². The molecular weight excluding hydrogens is 206 g/mol.